The van der Waals surface area contributed by atoms with Crippen molar-refractivity contribution in [1.82, 2.24) is 4.90 Å². The summed E-state index contributed by atoms with van der Waals surface area (Å²) in [4.78, 5) is 14.5. The van der Waals surface area contributed by atoms with E-state index in [0.717, 1.165) is 30.7 Å². The van der Waals surface area contributed by atoms with E-state index in [1.807, 2.05) is 24.3 Å². The molecular weight excluding hydrogens is 522 g/mol. The van der Waals surface area contributed by atoms with Crippen molar-refractivity contribution in [3.8, 4) is 16.9 Å². The highest BCUT2D eigenvalue weighted by atomic mass is 16.6. The molecule has 1 aliphatic rings. The van der Waals surface area contributed by atoms with Crippen LogP contribution in [-0.4, -0.2) is 50.9 Å². The van der Waals surface area contributed by atoms with Gasteiger partial charge in [0.25, 0.3) is 0 Å². The Morgan fingerprint density at radius 1 is 0.881 bits per heavy atom. The molecule has 5 nitrogen and oxygen atoms in total. The number of rotatable bonds is 11. The number of hydrogen-bond donors (Lipinski definition) is 0. The molecule has 1 aliphatic carbocycles. The first-order valence-corrected chi connectivity index (χ1v) is 14.9. The molecule has 2 atom stereocenters. The third kappa shape index (κ3) is 6.92. The summed E-state index contributed by atoms with van der Waals surface area (Å²) in [5.41, 5.74) is 10.4. The molecule has 0 saturated heterocycles. The lowest BCUT2D eigenvalue weighted by molar-refractivity contribution is -0.154. The summed E-state index contributed by atoms with van der Waals surface area (Å²) < 4.78 is 16.6. The van der Waals surface area contributed by atoms with Crippen LogP contribution in [0.4, 0.5) is 0 Å². The fraction of sp³-hybridized carbons (Fsp3) is 0.324. The molecule has 0 spiro atoms. The van der Waals surface area contributed by atoms with Crippen LogP contribution in [0.2, 0.25) is 0 Å². The Bertz CT molecular complexity index is 1480. The van der Waals surface area contributed by atoms with E-state index in [2.05, 4.69) is 85.6 Å². The lowest BCUT2D eigenvalue weighted by Crippen LogP contribution is -2.30. The molecular formula is C37H41NO4. The summed E-state index contributed by atoms with van der Waals surface area (Å²) in [6, 6.07) is 32.5. The van der Waals surface area contributed by atoms with Gasteiger partial charge >= 0.3 is 5.97 Å². The van der Waals surface area contributed by atoms with Crippen molar-refractivity contribution in [1.29, 1.82) is 0 Å². The molecule has 42 heavy (non-hydrogen) atoms. The van der Waals surface area contributed by atoms with Gasteiger partial charge in [-0.05, 0) is 90.9 Å². The van der Waals surface area contributed by atoms with Crippen molar-refractivity contribution in [2.75, 3.05) is 33.9 Å². The van der Waals surface area contributed by atoms with Crippen LogP contribution in [0.25, 0.3) is 11.1 Å². The lowest BCUT2D eigenvalue weighted by Gasteiger charge is -2.31. The van der Waals surface area contributed by atoms with Gasteiger partial charge < -0.3 is 14.2 Å². The van der Waals surface area contributed by atoms with Gasteiger partial charge in [0, 0.05) is 20.1 Å². The minimum Gasteiger partial charge on any atom is -0.492 e. The van der Waals surface area contributed by atoms with Crippen molar-refractivity contribution in [3.05, 3.63) is 124 Å². The molecule has 2 unspecified atom stereocenters. The molecule has 0 aromatic heterocycles. The first-order valence-electron chi connectivity index (χ1n) is 14.9. The molecule has 0 N–H and O–H groups in total. The normalized spacial score (nSPS) is 14.9. The summed E-state index contributed by atoms with van der Waals surface area (Å²) in [6.45, 7) is 5.64. The third-order valence-electron chi connectivity index (χ3n) is 8.14. The van der Waals surface area contributed by atoms with E-state index in [9.17, 15) is 4.79 Å². The fourth-order valence-corrected chi connectivity index (χ4v) is 5.89. The predicted molar refractivity (Wildman–Crippen MR) is 168 cm³/mol. The van der Waals surface area contributed by atoms with E-state index in [1.54, 1.807) is 6.92 Å². The van der Waals surface area contributed by atoms with Gasteiger partial charge in [0.05, 0.1) is 12.6 Å². The van der Waals surface area contributed by atoms with Crippen LogP contribution in [0.15, 0.2) is 91.0 Å². The van der Waals surface area contributed by atoms with E-state index in [0.29, 0.717) is 19.6 Å². The van der Waals surface area contributed by atoms with Crippen LogP contribution in [0.3, 0.4) is 0 Å². The number of carbonyl (C=O) groups is 1. The van der Waals surface area contributed by atoms with Gasteiger partial charge in [-0.1, -0.05) is 78.4 Å². The number of ether oxygens (including phenoxy) is 3. The van der Waals surface area contributed by atoms with Crippen molar-refractivity contribution >= 4 is 5.97 Å². The Hall–Kier alpha value is -3.93. The van der Waals surface area contributed by atoms with Gasteiger partial charge in [0.1, 0.15) is 12.4 Å². The number of benzene rings is 4. The Labute approximate surface area is 250 Å². The quantitative estimate of drug-likeness (QED) is 0.184. The number of aryl methyl sites for hydroxylation is 3. The van der Waals surface area contributed by atoms with Crippen molar-refractivity contribution in [2.45, 2.75) is 45.3 Å². The number of esters is 1. The standard InChI is InChI=1S/C37H41NO4/c1-5-41-37(39)35(40-4)24-27-12-18-32(19-13-27)42-22-21-38(3)36-33-20-11-26(2)23-31(33)17-15-29-14-16-30(25-34(29)36)28-9-7-6-8-10-28/h6-14,16,18-20,23,25,35-36H,5,15,17,21-22,24H2,1-4H3. The molecule has 4 aromatic carbocycles. The largest absolute Gasteiger partial charge is 0.492 e. The number of fused-ring (bicyclic) bond motifs is 2. The zero-order valence-electron chi connectivity index (χ0n) is 25.1. The van der Waals surface area contributed by atoms with Gasteiger partial charge in [-0.25, -0.2) is 4.79 Å². The summed E-state index contributed by atoms with van der Waals surface area (Å²) >= 11 is 0. The average Bonchev–Trinajstić information content (AvgIpc) is 3.17. The third-order valence-corrected chi connectivity index (χ3v) is 8.14. The number of carbonyl (C=O) groups excluding carboxylic acids is 1. The van der Waals surface area contributed by atoms with Crippen molar-refractivity contribution in [2.24, 2.45) is 0 Å². The predicted octanol–water partition coefficient (Wildman–Crippen LogP) is 6.98. The maximum absolute atomic E-state index is 12.1. The van der Waals surface area contributed by atoms with E-state index in [-0.39, 0.29) is 12.0 Å². The van der Waals surface area contributed by atoms with Gasteiger partial charge in [-0.2, -0.15) is 0 Å². The van der Waals surface area contributed by atoms with Gasteiger partial charge in [-0.3, -0.25) is 4.90 Å². The van der Waals surface area contributed by atoms with Gasteiger partial charge in [-0.15, -0.1) is 0 Å². The highest BCUT2D eigenvalue weighted by Gasteiger charge is 2.27. The highest BCUT2D eigenvalue weighted by molar-refractivity contribution is 5.75. The summed E-state index contributed by atoms with van der Waals surface area (Å²) in [5.74, 6) is 0.469. The topological polar surface area (TPSA) is 48.0 Å². The molecule has 0 amide bonds. The number of methoxy groups -OCH3 is 1. The Morgan fingerprint density at radius 2 is 1.64 bits per heavy atom. The van der Waals surface area contributed by atoms with E-state index < -0.39 is 6.10 Å². The zero-order chi connectivity index (χ0) is 29.5. The Morgan fingerprint density at radius 3 is 2.38 bits per heavy atom. The molecule has 0 aliphatic heterocycles. The number of nitrogens with zero attached hydrogens (tertiary/aromatic N) is 1. The minimum absolute atomic E-state index is 0.140. The molecule has 0 saturated carbocycles. The lowest BCUT2D eigenvalue weighted by atomic mass is 9.90. The molecule has 0 bridgehead atoms. The number of likely N-dealkylation sites (N-methyl/N-ethyl adjacent to an activating group) is 1. The van der Waals surface area contributed by atoms with Crippen LogP contribution in [0.1, 0.15) is 46.3 Å². The maximum atomic E-state index is 12.1. The number of hydrogen-bond acceptors (Lipinski definition) is 5. The summed E-state index contributed by atoms with van der Waals surface area (Å²) in [6.07, 6.45) is 1.93. The van der Waals surface area contributed by atoms with Crippen LogP contribution < -0.4 is 4.74 Å². The van der Waals surface area contributed by atoms with Gasteiger partial charge in [0.2, 0.25) is 0 Å². The van der Waals surface area contributed by atoms with Crippen molar-refractivity contribution in [3.63, 3.8) is 0 Å². The first kappa shape index (κ1) is 29.6. The maximum Gasteiger partial charge on any atom is 0.335 e. The molecule has 0 heterocycles. The van der Waals surface area contributed by atoms with Crippen molar-refractivity contribution < 1.29 is 19.0 Å². The first-order chi connectivity index (χ1) is 20.5. The minimum atomic E-state index is -0.609. The fourth-order valence-electron chi connectivity index (χ4n) is 5.89. The second kappa shape index (κ2) is 13.8. The second-order valence-corrected chi connectivity index (χ2v) is 11.0. The highest BCUT2D eigenvalue weighted by Crippen LogP contribution is 2.38. The second-order valence-electron chi connectivity index (χ2n) is 11.0. The molecule has 5 heteroatoms. The summed E-state index contributed by atoms with van der Waals surface area (Å²) in [7, 11) is 3.73. The van der Waals surface area contributed by atoms with E-state index in [1.165, 1.54) is 46.1 Å². The Balaban J connectivity index is 1.31. The van der Waals surface area contributed by atoms with Gasteiger partial charge in [0.15, 0.2) is 6.10 Å². The van der Waals surface area contributed by atoms with Crippen LogP contribution >= 0.6 is 0 Å². The molecule has 5 rings (SSSR count). The smallest absolute Gasteiger partial charge is 0.335 e. The van der Waals surface area contributed by atoms with Crippen LogP contribution in [0, 0.1) is 6.92 Å². The SMILES string of the molecule is CCOC(=O)C(Cc1ccc(OCCN(C)C2c3ccc(C)cc3CCc3ccc(-c4ccccc4)cc32)cc1)OC. The molecule has 218 valence electrons. The molecule has 0 fully saturated rings. The average molecular weight is 564 g/mol. The Kier molecular flexibility index (Phi) is 9.73. The molecule has 4 aromatic rings. The molecule has 0 radical (unpaired) electrons. The van der Waals surface area contributed by atoms with Crippen LogP contribution in [0.5, 0.6) is 5.75 Å². The monoisotopic (exact) mass is 563 g/mol. The van der Waals surface area contributed by atoms with E-state index >= 15 is 0 Å². The van der Waals surface area contributed by atoms with E-state index in [4.69, 9.17) is 14.2 Å². The summed E-state index contributed by atoms with van der Waals surface area (Å²) in [5, 5.41) is 0. The van der Waals surface area contributed by atoms with Crippen LogP contribution in [-0.2, 0) is 33.5 Å². The zero-order valence-corrected chi connectivity index (χ0v) is 25.1.